The van der Waals surface area contributed by atoms with Gasteiger partial charge in [-0.3, -0.25) is 4.57 Å². The Morgan fingerprint density at radius 1 is 1.15 bits per heavy atom. The van der Waals surface area contributed by atoms with Gasteiger partial charge in [-0.05, 0) is 38.3 Å². The summed E-state index contributed by atoms with van der Waals surface area (Å²) in [5.41, 5.74) is 0. The van der Waals surface area contributed by atoms with E-state index < -0.39 is 6.86 Å². The molecule has 0 bridgehead atoms. The number of nitrogens with zero attached hydrogens (tertiary/aromatic N) is 1. The summed E-state index contributed by atoms with van der Waals surface area (Å²) < 4.78 is 2.42. The van der Waals surface area contributed by atoms with E-state index in [0.29, 0.717) is 0 Å². The maximum absolute atomic E-state index is 6.29. The van der Waals surface area contributed by atoms with E-state index in [9.17, 15) is 0 Å². The van der Waals surface area contributed by atoms with Crippen LogP contribution >= 0.6 is 22.2 Å². The molecule has 0 N–H and O–H groups in total. The topological polar surface area (TPSA) is 3.24 Å². The summed E-state index contributed by atoms with van der Waals surface area (Å²) in [6, 6.07) is 0.723. The number of rotatable bonds is 1. The summed E-state index contributed by atoms with van der Waals surface area (Å²) in [5, 5.41) is 0. The molecule has 2 atom stereocenters. The van der Waals surface area contributed by atoms with Gasteiger partial charge in [0.2, 0.25) is 0 Å². The van der Waals surface area contributed by atoms with Gasteiger partial charge in [0.1, 0.15) is 0 Å². The van der Waals surface area contributed by atoms with Crippen LogP contribution in [0.5, 0.6) is 0 Å². The molecule has 1 saturated heterocycles. The molecule has 13 heavy (non-hydrogen) atoms. The normalized spacial score (nSPS) is 36.2. The van der Waals surface area contributed by atoms with Gasteiger partial charge in [0.25, 0.3) is 0 Å². The van der Waals surface area contributed by atoms with Crippen LogP contribution in [0.1, 0.15) is 32.1 Å². The molecule has 1 heterocycles. The lowest BCUT2D eigenvalue weighted by molar-refractivity contribution is 0.261. The quantitative estimate of drug-likeness (QED) is 0.500. The molecule has 0 spiro atoms. The zero-order valence-electron chi connectivity index (χ0n) is 8.10. The summed E-state index contributed by atoms with van der Waals surface area (Å²) in [6.45, 7) is 1.12. The number of fused-ring (bicyclic) bond motifs is 1. The van der Waals surface area contributed by atoms with Gasteiger partial charge in [-0.15, -0.1) is 22.2 Å². The van der Waals surface area contributed by atoms with Crippen molar-refractivity contribution in [2.24, 2.45) is 5.92 Å². The third-order valence-corrected chi connectivity index (χ3v) is 6.38. The fourth-order valence-electron chi connectivity index (χ4n) is 2.89. The monoisotopic (exact) mass is 237 g/mol. The molecule has 0 aromatic rings. The summed E-state index contributed by atoms with van der Waals surface area (Å²) in [4.78, 5) is 0. The van der Waals surface area contributed by atoms with E-state index in [4.69, 9.17) is 22.2 Å². The molecule has 0 amide bonds. The third-order valence-electron chi connectivity index (χ3n) is 3.51. The van der Waals surface area contributed by atoms with Crippen LogP contribution in [0.25, 0.3) is 0 Å². The standard InChI is InChI=1S/C9H17Cl2NSi/c1-13(10,11)12-7-6-8-4-2-3-5-9(8)12/h8-9H,2-7H2,1H3. The lowest BCUT2D eigenvalue weighted by Gasteiger charge is -2.35. The molecule has 0 aromatic heterocycles. The first kappa shape index (κ1) is 10.3. The first-order chi connectivity index (χ1) is 6.09. The zero-order valence-corrected chi connectivity index (χ0v) is 10.6. The molecule has 2 fully saturated rings. The van der Waals surface area contributed by atoms with Crippen molar-refractivity contribution in [3.05, 3.63) is 0 Å². The molecule has 76 valence electrons. The van der Waals surface area contributed by atoms with Gasteiger partial charge in [-0.1, -0.05) is 12.8 Å². The summed E-state index contributed by atoms with van der Waals surface area (Å²) in [5.74, 6) is 0.901. The van der Waals surface area contributed by atoms with Crippen molar-refractivity contribution in [3.63, 3.8) is 0 Å². The molecule has 2 aliphatic rings. The SMILES string of the molecule is C[Si](Cl)(Cl)N1CCC2CCCCC21. The van der Waals surface area contributed by atoms with Crippen molar-refractivity contribution >= 4 is 29.0 Å². The fraction of sp³-hybridized carbons (Fsp3) is 1.00. The van der Waals surface area contributed by atoms with Crippen molar-refractivity contribution < 1.29 is 0 Å². The highest BCUT2D eigenvalue weighted by molar-refractivity contribution is 7.43. The van der Waals surface area contributed by atoms with Crippen LogP contribution in [0.2, 0.25) is 6.55 Å². The Hall–Kier alpha value is 0.757. The maximum atomic E-state index is 6.29. The minimum atomic E-state index is -2.05. The molecule has 1 saturated carbocycles. The first-order valence-corrected chi connectivity index (χ1v) is 9.71. The molecule has 2 unspecified atom stereocenters. The van der Waals surface area contributed by atoms with Gasteiger partial charge >= 0.3 is 6.86 Å². The van der Waals surface area contributed by atoms with Gasteiger partial charge in [0.15, 0.2) is 0 Å². The maximum Gasteiger partial charge on any atom is 0.322 e. The Kier molecular flexibility index (Phi) is 2.95. The van der Waals surface area contributed by atoms with Crippen molar-refractivity contribution in [2.75, 3.05) is 6.54 Å². The van der Waals surface area contributed by atoms with Crippen LogP contribution in [0.15, 0.2) is 0 Å². The molecular formula is C9H17Cl2NSi. The second-order valence-electron chi connectivity index (χ2n) is 4.44. The highest BCUT2D eigenvalue weighted by Crippen LogP contribution is 2.40. The Morgan fingerprint density at radius 2 is 1.85 bits per heavy atom. The average molecular weight is 238 g/mol. The van der Waals surface area contributed by atoms with E-state index in [0.717, 1.165) is 18.5 Å². The Morgan fingerprint density at radius 3 is 2.54 bits per heavy atom. The van der Waals surface area contributed by atoms with E-state index in [-0.39, 0.29) is 0 Å². The highest BCUT2D eigenvalue weighted by Gasteiger charge is 2.44. The van der Waals surface area contributed by atoms with Crippen LogP contribution in [-0.4, -0.2) is 24.0 Å². The van der Waals surface area contributed by atoms with E-state index in [2.05, 4.69) is 4.57 Å². The van der Waals surface area contributed by atoms with E-state index >= 15 is 0 Å². The van der Waals surface area contributed by atoms with Gasteiger partial charge in [0.05, 0.1) is 0 Å². The predicted molar refractivity (Wildman–Crippen MR) is 60.4 cm³/mol. The van der Waals surface area contributed by atoms with Crippen LogP contribution < -0.4 is 0 Å². The molecule has 0 aromatic carbocycles. The highest BCUT2D eigenvalue weighted by atomic mass is 35.7. The predicted octanol–water partition coefficient (Wildman–Crippen LogP) is 3.30. The van der Waals surface area contributed by atoms with Crippen LogP contribution in [-0.2, 0) is 0 Å². The average Bonchev–Trinajstić information content (AvgIpc) is 2.45. The lowest BCUT2D eigenvalue weighted by atomic mass is 9.86. The van der Waals surface area contributed by atoms with Gasteiger partial charge in [0, 0.05) is 6.04 Å². The molecule has 1 aliphatic carbocycles. The Labute approximate surface area is 90.9 Å². The van der Waals surface area contributed by atoms with E-state index in [1.807, 2.05) is 6.55 Å². The second-order valence-corrected chi connectivity index (χ2v) is 11.7. The molecular weight excluding hydrogens is 221 g/mol. The second kappa shape index (κ2) is 3.73. The molecule has 2 rings (SSSR count). The van der Waals surface area contributed by atoms with E-state index in [1.165, 1.54) is 32.1 Å². The van der Waals surface area contributed by atoms with Crippen molar-refractivity contribution in [1.82, 2.24) is 4.57 Å². The number of hydrogen-bond donors (Lipinski definition) is 0. The molecule has 0 radical (unpaired) electrons. The van der Waals surface area contributed by atoms with Gasteiger partial charge in [-0.25, -0.2) is 0 Å². The molecule has 1 nitrogen and oxygen atoms in total. The Bertz CT molecular complexity index is 193. The lowest BCUT2D eigenvalue weighted by Crippen LogP contribution is -2.47. The number of halogens is 2. The summed E-state index contributed by atoms with van der Waals surface area (Å²) in [7, 11) is 0. The van der Waals surface area contributed by atoms with Crippen molar-refractivity contribution in [1.29, 1.82) is 0 Å². The van der Waals surface area contributed by atoms with Crippen LogP contribution in [0.4, 0.5) is 0 Å². The Balaban J connectivity index is 2.07. The zero-order chi connectivity index (χ0) is 9.47. The van der Waals surface area contributed by atoms with Crippen molar-refractivity contribution in [3.8, 4) is 0 Å². The minimum absolute atomic E-state index is 0.723. The minimum Gasteiger partial charge on any atom is -0.297 e. The smallest absolute Gasteiger partial charge is 0.297 e. The van der Waals surface area contributed by atoms with Crippen LogP contribution in [0.3, 0.4) is 0 Å². The van der Waals surface area contributed by atoms with Crippen molar-refractivity contribution in [2.45, 2.75) is 44.7 Å². The molecule has 4 heteroatoms. The number of hydrogen-bond acceptors (Lipinski definition) is 1. The first-order valence-electron chi connectivity index (χ1n) is 5.23. The largest absolute Gasteiger partial charge is 0.322 e. The van der Waals surface area contributed by atoms with Gasteiger partial charge < -0.3 is 0 Å². The molecule has 1 aliphatic heterocycles. The van der Waals surface area contributed by atoms with E-state index in [1.54, 1.807) is 0 Å². The third kappa shape index (κ3) is 2.06. The summed E-state index contributed by atoms with van der Waals surface area (Å²) in [6.07, 6.45) is 6.84. The summed E-state index contributed by atoms with van der Waals surface area (Å²) >= 11 is 12.6. The fourth-order valence-corrected chi connectivity index (χ4v) is 5.60. The van der Waals surface area contributed by atoms with Gasteiger partial charge in [-0.2, -0.15) is 0 Å². The van der Waals surface area contributed by atoms with Crippen LogP contribution in [0, 0.1) is 5.92 Å².